The van der Waals surface area contributed by atoms with Crippen LogP contribution in [0.3, 0.4) is 0 Å². The third kappa shape index (κ3) is 4.81. The SMILES string of the molecule is COCCCC(Cc1ccc(F)cc1C)NN. The van der Waals surface area contributed by atoms with E-state index in [1.807, 2.05) is 13.0 Å². The summed E-state index contributed by atoms with van der Waals surface area (Å²) in [6.07, 6.45) is 2.72. The largest absolute Gasteiger partial charge is 0.385 e. The normalized spacial score (nSPS) is 12.7. The van der Waals surface area contributed by atoms with E-state index in [-0.39, 0.29) is 11.9 Å². The van der Waals surface area contributed by atoms with Gasteiger partial charge >= 0.3 is 0 Å². The van der Waals surface area contributed by atoms with Gasteiger partial charge in [-0.3, -0.25) is 11.3 Å². The maximum absolute atomic E-state index is 13.0. The van der Waals surface area contributed by atoms with E-state index in [4.69, 9.17) is 10.6 Å². The highest BCUT2D eigenvalue weighted by molar-refractivity contribution is 5.27. The minimum Gasteiger partial charge on any atom is -0.385 e. The molecule has 1 rings (SSSR count). The first-order valence-electron chi connectivity index (χ1n) is 5.87. The van der Waals surface area contributed by atoms with Gasteiger partial charge in [0.2, 0.25) is 0 Å². The van der Waals surface area contributed by atoms with Crippen molar-refractivity contribution in [3.05, 3.63) is 35.1 Å². The standard InChI is InChI=1S/C13H21FN2O/c1-10-8-12(14)6-5-11(10)9-13(16-15)4-3-7-17-2/h5-6,8,13,16H,3-4,7,9,15H2,1-2H3. The number of nitrogens with one attached hydrogen (secondary N) is 1. The highest BCUT2D eigenvalue weighted by Crippen LogP contribution is 2.14. The lowest BCUT2D eigenvalue weighted by atomic mass is 9.98. The number of aryl methyl sites for hydroxylation is 1. The molecule has 0 fully saturated rings. The Morgan fingerprint density at radius 2 is 2.24 bits per heavy atom. The molecule has 3 nitrogen and oxygen atoms in total. The topological polar surface area (TPSA) is 47.3 Å². The molecule has 0 saturated carbocycles. The van der Waals surface area contributed by atoms with Crippen molar-refractivity contribution in [3.63, 3.8) is 0 Å². The second kappa shape index (κ2) is 7.37. The Kier molecular flexibility index (Phi) is 6.11. The molecule has 1 aromatic rings. The maximum Gasteiger partial charge on any atom is 0.123 e. The molecule has 4 heteroatoms. The number of methoxy groups -OCH3 is 1. The maximum atomic E-state index is 13.0. The average molecular weight is 240 g/mol. The van der Waals surface area contributed by atoms with E-state index in [9.17, 15) is 4.39 Å². The second-order valence-corrected chi connectivity index (χ2v) is 4.27. The summed E-state index contributed by atoms with van der Waals surface area (Å²) >= 11 is 0. The smallest absolute Gasteiger partial charge is 0.123 e. The Bertz CT molecular complexity index is 344. The van der Waals surface area contributed by atoms with Crippen LogP contribution in [-0.2, 0) is 11.2 Å². The number of hydrazine groups is 1. The molecule has 0 saturated heterocycles. The van der Waals surface area contributed by atoms with Gasteiger partial charge in [-0.2, -0.15) is 0 Å². The number of hydrogen-bond acceptors (Lipinski definition) is 3. The molecule has 0 radical (unpaired) electrons. The Morgan fingerprint density at radius 3 is 2.82 bits per heavy atom. The van der Waals surface area contributed by atoms with Gasteiger partial charge in [0, 0.05) is 19.8 Å². The minimum atomic E-state index is -0.192. The molecular weight excluding hydrogens is 219 g/mol. The summed E-state index contributed by atoms with van der Waals surface area (Å²) in [4.78, 5) is 0. The average Bonchev–Trinajstić information content (AvgIpc) is 2.31. The molecule has 0 aliphatic carbocycles. The summed E-state index contributed by atoms with van der Waals surface area (Å²) in [7, 11) is 1.69. The molecule has 1 unspecified atom stereocenters. The van der Waals surface area contributed by atoms with Gasteiger partial charge in [-0.05, 0) is 49.4 Å². The molecular formula is C13H21FN2O. The molecule has 1 aromatic carbocycles. The van der Waals surface area contributed by atoms with Crippen molar-refractivity contribution in [2.75, 3.05) is 13.7 Å². The molecule has 17 heavy (non-hydrogen) atoms. The van der Waals surface area contributed by atoms with E-state index < -0.39 is 0 Å². The lowest BCUT2D eigenvalue weighted by molar-refractivity contribution is 0.188. The third-order valence-electron chi connectivity index (χ3n) is 2.91. The van der Waals surface area contributed by atoms with E-state index in [0.717, 1.165) is 37.0 Å². The molecule has 0 heterocycles. The van der Waals surface area contributed by atoms with Crippen LogP contribution < -0.4 is 11.3 Å². The van der Waals surface area contributed by atoms with Gasteiger partial charge in [-0.25, -0.2) is 4.39 Å². The Hall–Kier alpha value is -0.970. The van der Waals surface area contributed by atoms with Gasteiger partial charge in [0.15, 0.2) is 0 Å². The fourth-order valence-electron chi connectivity index (χ4n) is 1.87. The quantitative estimate of drug-likeness (QED) is 0.435. The van der Waals surface area contributed by atoms with Gasteiger partial charge in [0.05, 0.1) is 0 Å². The van der Waals surface area contributed by atoms with Gasteiger partial charge in [-0.1, -0.05) is 6.07 Å². The minimum absolute atomic E-state index is 0.192. The van der Waals surface area contributed by atoms with Crippen molar-refractivity contribution in [3.8, 4) is 0 Å². The zero-order valence-electron chi connectivity index (χ0n) is 10.5. The fourth-order valence-corrected chi connectivity index (χ4v) is 1.87. The summed E-state index contributed by atoms with van der Waals surface area (Å²) in [6, 6.07) is 5.07. The van der Waals surface area contributed by atoms with Crippen LogP contribution in [0.1, 0.15) is 24.0 Å². The van der Waals surface area contributed by atoms with Crippen LogP contribution in [0.4, 0.5) is 4.39 Å². The first-order valence-corrected chi connectivity index (χ1v) is 5.87. The van der Waals surface area contributed by atoms with E-state index in [0.29, 0.717) is 0 Å². The molecule has 0 bridgehead atoms. The first-order chi connectivity index (χ1) is 8.17. The molecule has 96 valence electrons. The lowest BCUT2D eigenvalue weighted by Gasteiger charge is -2.17. The van der Waals surface area contributed by atoms with E-state index in [1.54, 1.807) is 13.2 Å². The van der Waals surface area contributed by atoms with Crippen molar-refractivity contribution in [1.82, 2.24) is 5.43 Å². The molecule has 0 amide bonds. The lowest BCUT2D eigenvalue weighted by Crippen LogP contribution is -2.37. The highest BCUT2D eigenvalue weighted by atomic mass is 19.1. The van der Waals surface area contributed by atoms with E-state index in [2.05, 4.69) is 5.43 Å². The molecule has 0 aliphatic heterocycles. The summed E-state index contributed by atoms with van der Waals surface area (Å²) in [5.41, 5.74) is 4.90. The van der Waals surface area contributed by atoms with Crippen molar-refractivity contribution in [2.45, 2.75) is 32.2 Å². The summed E-state index contributed by atoms with van der Waals surface area (Å²) in [5, 5.41) is 0. The molecule has 0 spiro atoms. The van der Waals surface area contributed by atoms with Crippen LogP contribution in [0.25, 0.3) is 0 Å². The highest BCUT2D eigenvalue weighted by Gasteiger charge is 2.09. The number of nitrogens with two attached hydrogens (primary N) is 1. The van der Waals surface area contributed by atoms with Crippen LogP contribution in [0.15, 0.2) is 18.2 Å². The van der Waals surface area contributed by atoms with E-state index in [1.165, 1.54) is 6.07 Å². The predicted octanol–water partition coefficient (Wildman–Crippen LogP) is 1.94. The number of ether oxygens (including phenoxy) is 1. The van der Waals surface area contributed by atoms with Gasteiger partial charge in [-0.15, -0.1) is 0 Å². The van der Waals surface area contributed by atoms with Crippen molar-refractivity contribution in [2.24, 2.45) is 5.84 Å². The third-order valence-corrected chi connectivity index (χ3v) is 2.91. The van der Waals surface area contributed by atoms with Crippen molar-refractivity contribution >= 4 is 0 Å². The van der Waals surface area contributed by atoms with Crippen molar-refractivity contribution < 1.29 is 9.13 Å². The number of rotatable bonds is 7. The molecule has 1 atom stereocenters. The Balaban J connectivity index is 2.54. The number of benzene rings is 1. The van der Waals surface area contributed by atoms with Crippen LogP contribution in [0.2, 0.25) is 0 Å². The van der Waals surface area contributed by atoms with Crippen LogP contribution in [0.5, 0.6) is 0 Å². The van der Waals surface area contributed by atoms with Crippen LogP contribution in [0, 0.1) is 12.7 Å². The summed E-state index contributed by atoms with van der Waals surface area (Å²) < 4.78 is 18.0. The molecule has 0 aliphatic rings. The fraction of sp³-hybridized carbons (Fsp3) is 0.538. The number of hydrogen-bond donors (Lipinski definition) is 2. The predicted molar refractivity (Wildman–Crippen MR) is 67.1 cm³/mol. The number of halogens is 1. The molecule has 0 aromatic heterocycles. The summed E-state index contributed by atoms with van der Waals surface area (Å²) in [6.45, 7) is 2.65. The first kappa shape index (κ1) is 14.1. The van der Waals surface area contributed by atoms with Crippen molar-refractivity contribution in [1.29, 1.82) is 0 Å². The zero-order chi connectivity index (χ0) is 12.7. The Labute approximate surface area is 102 Å². The summed E-state index contributed by atoms with van der Waals surface area (Å²) in [5.74, 6) is 5.33. The van der Waals surface area contributed by atoms with Crippen LogP contribution >= 0.6 is 0 Å². The second-order valence-electron chi connectivity index (χ2n) is 4.27. The van der Waals surface area contributed by atoms with Gasteiger partial charge < -0.3 is 4.74 Å². The van der Waals surface area contributed by atoms with Gasteiger partial charge in [0.1, 0.15) is 5.82 Å². The van der Waals surface area contributed by atoms with Crippen LogP contribution in [-0.4, -0.2) is 19.8 Å². The monoisotopic (exact) mass is 240 g/mol. The zero-order valence-corrected chi connectivity index (χ0v) is 10.5. The van der Waals surface area contributed by atoms with Gasteiger partial charge in [0.25, 0.3) is 0 Å². The van der Waals surface area contributed by atoms with E-state index >= 15 is 0 Å². The Morgan fingerprint density at radius 1 is 1.47 bits per heavy atom. The molecule has 3 N–H and O–H groups in total.